The van der Waals surface area contributed by atoms with Crippen LogP contribution in [-0.4, -0.2) is 22.4 Å². The van der Waals surface area contributed by atoms with E-state index in [4.69, 9.17) is 4.74 Å². The maximum atomic E-state index is 9.92. The molecule has 0 saturated heterocycles. The summed E-state index contributed by atoms with van der Waals surface area (Å²) in [6, 6.07) is 5.58. The van der Waals surface area contributed by atoms with Crippen LogP contribution in [0.25, 0.3) is 0 Å². The molecule has 0 heterocycles. The van der Waals surface area contributed by atoms with Crippen LogP contribution in [0.3, 0.4) is 0 Å². The molecular formula is C14H19BrO3. The first-order chi connectivity index (χ1) is 8.58. The van der Waals surface area contributed by atoms with Crippen molar-refractivity contribution in [1.82, 2.24) is 0 Å². The van der Waals surface area contributed by atoms with E-state index in [0.29, 0.717) is 5.75 Å². The maximum absolute atomic E-state index is 9.92. The molecule has 0 spiro atoms. The van der Waals surface area contributed by atoms with Crippen molar-refractivity contribution in [1.29, 1.82) is 0 Å². The van der Waals surface area contributed by atoms with Crippen molar-refractivity contribution in [3.63, 3.8) is 0 Å². The van der Waals surface area contributed by atoms with E-state index in [1.165, 1.54) is 0 Å². The summed E-state index contributed by atoms with van der Waals surface area (Å²) in [7, 11) is 0. The van der Waals surface area contributed by atoms with Gasteiger partial charge in [-0.3, -0.25) is 0 Å². The fourth-order valence-electron chi connectivity index (χ4n) is 2.33. The largest absolute Gasteiger partial charge is 0.487 e. The minimum atomic E-state index is -0.585. The van der Waals surface area contributed by atoms with E-state index in [2.05, 4.69) is 15.9 Å². The molecule has 0 aliphatic heterocycles. The summed E-state index contributed by atoms with van der Waals surface area (Å²) >= 11 is 3.39. The zero-order valence-corrected chi connectivity index (χ0v) is 12.1. The van der Waals surface area contributed by atoms with Crippen molar-refractivity contribution in [2.45, 2.75) is 50.9 Å². The standard InChI is InChI=1S/C14H19BrO3/c1-9(16)11-8-10(15)6-7-13(11)18-14-5-3-2-4-12(14)17/h6-9,12,14,16-17H,2-5H2,1H3. The van der Waals surface area contributed by atoms with Crippen LogP contribution in [0.5, 0.6) is 5.75 Å². The number of benzene rings is 1. The van der Waals surface area contributed by atoms with Gasteiger partial charge in [0.2, 0.25) is 0 Å². The first kappa shape index (κ1) is 13.8. The van der Waals surface area contributed by atoms with E-state index >= 15 is 0 Å². The van der Waals surface area contributed by atoms with E-state index in [1.54, 1.807) is 6.92 Å². The third-order valence-electron chi connectivity index (χ3n) is 3.37. The fourth-order valence-corrected chi connectivity index (χ4v) is 2.71. The van der Waals surface area contributed by atoms with Crippen LogP contribution in [0.15, 0.2) is 22.7 Å². The number of halogens is 1. The van der Waals surface area contributed by atoms with Gasteiger partial charge in [-0.25, -0.2) is 0 Å². The van der Waals surface area contributed by atoms with E-state index in [-0.39, 0.29) is 6.10 Å². The fraction of sp³-hybridized carbons (Fsp3) is 0.571. The van der Waals surface area contributed by atoms with E-state index in [1.807, 2.05) is 18.2 Å². The van der Waals surface area contributed by atoms with Crippen molar-refractivity contribution < 1.29 is 14.9 Å². The Morgan fingerprint density at radius 3 is 2.72 bits per heavy atom. The molecule has 1 fully saturated rings. The Hall–Kier alpha value is -0.580. The molecule has 1 saturated carbocycles. The second-order valence-corrected chi connectivity index (χ2v) is 5.78. The van der Waals surface area contributed by atoms with Crippen molar-refractivity contribution in [3.8, 4) is 5.75 Å². The predicted molar refractivity (Wildman–Crippen MR) is 73.7 cm³/mol. The number of aliphatic hydroxyl groups excluding tert-OH is 2. The van der Waals surface area contributed by atoms with Crippen LogP contribution in [-0.2, 0) is 0 Å². The molecule has 0 bridgehead atoms. The SMILES string of the molecule is CC(O)c1cc(Br)ccc1OC1CCCCC1O. The first-order valence-corrected chi connectivity index (χ1v) is 7.19. The van der Waals surface area contributed by atoms with Gasteiger partial charge in [-0.1, -0.05) is 22.4 Å². The molecule has 0 radical (unpaired) electrons. The lowest BCUT2D eigenvalue weighted by atomic mass is 9.94. The van der Waals surface area contributed by atoms with Gasteiger partial charge in [-0.2, -0.15) is 0 Å². The normalized spacial score (nSPS) is 25.8. The van der Waals surface area contributed by atoms with E-state index < -0.39 is 12.2 Å². The Labute approximate surface area is 116 Å². The zero-order valence-electron chi connectivity index (χ0n) is 10.5. The van der Waals surface area contributed by atoms with Crippen LogP contribution in [0.4, 0.5) is 0 Å². The minimum absolute atomic E-state index is 0.155. The highest BCUT2D eigenvalue weighted by molar-refractivity contribution is 9.10. The lowest BCUT2D eigenvalue weighted by Crippen LogP contribution is -2.34. The predicted octanol–water partition coefficient (Wildman–Crippen LogP) is 3.18. The van der Waals surface area contributed by atoms with Crippen molar-refractivity contribution >= 4 is 15.9 Å². The summed E-state index contributed by atoms with van der Waals surface area (Å²) in [5.74, 6) is 0.666. The highest BCUT2D eigenvalue weighted by atomic mass is 79.9. The van der Waals surface area contributed by atoms with Crippen LogP contribution in [0.2, 0.25) is 0 Å². The van der Waals surface area contributed by atoms with Gasteiger partial charge in [0, 0.05) is 10.0 Å². The first-order valence-electron chi connectivity index (χ1n) is 6.40. The van der Waals surface area contributed by atoms with Crippen LogP contribution in [0.1, 0.15) is 44.3 Å². The second-order valence-electron chi connectivity index (χ2n) is 4.87. The molecule has 3 atom stereocenters. The molecule has 1 aliphatic rings. The van der Waals surface area contributed by atoms with Crippen LogP contribution in [0, 0.1) is 0 Å². The summed E-state index contributed by atoms with van der Waals surface area (Å²) in [6.45, 7) is 1.71. The topological polar surface area (TPSA) is 49.7 Å². The molecule has 3 nitrogen and oxygen atoms in total. The summed E-state index contributed by atoms with van der Waals surface area (Å²) in [5, 5.41) is 19.7. The lowest BCUT2D eigenvalue weighted by Gasteiger charge is -2.29. The van der Waals surface area contributed by atoms with Gasteiger partial charge in [0.05, 0.1) is 12.2 Å². The second kappa shape index (κ2) is 6.04. The van der Waals surface area contributed by atoms with Crippen molar-refractivity contribution in [2.75, 3.05) is 0 Å². The summed E-state index contributed by atoms with van der Waals surface area (Å²) in [6.07, 6.45) is 2.68. The molecule has 3 unspecified atom stereocenters. The molecule has 1 aliphatic carbocycles. The van der Waals surface area contributed by atoms with Gasteiger partial charge < -0.3 is 14.9 Å². The third kappa shape index (κ3) is 3.25. The van der Waals surface area contributed by atoms with Gasteiger partial charge in [0.1, 0.15) is 11.9 Å². The quantitative estimate of drug-likeness (QED) is 0.901. The van der Waals surface area contributed by atoms with Gasteiger partial charge in [0.25, 0.3) is 0 Å². The van der Waals surface area contributed by atoms with Gasteiger partial charge >= 0.3 is 0 Å². The van der Waals surface area contributed by atoms with Crippen molar-refractivity contribution in [3.05, 3.63) is 28.2 Å². The molecule has 100 valence electrons. The van der Waals surface area contributed by atoms with Crippen LogP contribution < -0.4 is 4.74 Å². The summed E-state index contributed by atoms with van der Waals surface area (Å²) in [4.78, 5) is 0. The third-order valence-corrected chi connectivity index (χ3v) is 3.86. The summed E-state index contributed by atoms with van der Waals surface area (Å²) in [5.41, 5.74) is 0.752. The lowest BCUT2D eigenvalue weighted by molar-refractivity contribution is 0.00527. The van der Waals surface area contributed by atoms with Crippen molar-refractivity contribution in [2.24, 2.45) is 0 Å². The number of hydrogen-bond donors (Lipinski definition) is 2. The van der Waals surface area contributed by atoms with Gasteiger partial charge in [-0.15, -0.1) is 0 Å². The average Bonchev–Trinajstić information content (AvgIpc) is 2.34. The van der Waals surface area contributed by atoms with Crippen LogP contribution >= 0.6 is 15.9 Å². The monoisotopic (exact) mass is 314 g/mol. The Morgan fingerprint density at radius 2 is 2.06 bits per heavy atom. The highest BCUT2D eigenvalue weighted by Gasteiger charge is 2.25. The molecular weight excluding hydrogens is 296 g/mol. The number of rotatable bonds is 3. The Morgan fingerprint density at radius 1 is 1.33 bits per heavy atom. The minimum Gasteiger partial charge on any atom is -0.487 e. The van der Waals surface area contributed by atoms with Gasteiger partial charge in [0.15, 0.2) is 0 Å². The van der Waals surface area contributed by atoms with Gasteiger partial charge in [-0.05, 0) is 44.4 Å². The Kier molecular flexibility index (Phi) is 4.65. The smallest absolute Gasteiger partial charge is 0.125 e. The Balaban J connectivity index is 2.17. The molecule has 4 heteroatoms. The Bertz CT molecular complexity index is 406. The number of ether oxygens (including phenoxy) is 1. The zero-order chi connectivity index (χ0) is 13.1. The molecule has 0 amide bonds. The highest BCUT2D eigenvalue weighted by Crippen LogP contribution is 2.31. The van der Waals surface area contributed by atoms with E-state index in [9.17, 15) is 10.2 Å². The number of aliphatic hydroxyl groups is 2. The summed E-state index contributed by atoms with van der Waals surface area (Å²) < 4.78 is 6.80. The molecule has 1 aromatic rings. The molecule has 18 heavy (non-hydrogen) atoms. The molecule has 0 aromatic heterocycles. The number of hydrogen-bond acceptors (Lipinski definition) is 3. The maximum Gasteiger partial charge on any atom is 0.125 e. The average molecular weight is 315 g/mol. The van der Waals surface area contributed by atoms with E-state index in [0.717, 1.165) is 35.7 Å². The molecule has 2 N–H and O–H groups in total. The molecule has 2 rings (SSSR count). The molecule has 1 aromatic carbocycles.